The van der Waals surface area contributed by atoms with Crippen LogP contribution in [0.1, 0.15) is 21.7 Å². The molecule has 1 N–H and O–H groups in total. The van der Waals surface area contributed by atoms with E-state index < -0.39 is 0 Å². The van der Waals surface area contributed by atoms with E-state index in [1.165, 1.54) is 23.9 Å². The third-order valence-electron chi connectivity index (χ3n) is 4.66. The molecule has 0 aliphatic rings. The van der Waals surface area contributed by atoms with Crippen LogP contribution in [0.3, 0.4) is 0 Å². The van der Waals surface area contributed by atoms with E-state index >= 15 is 0 Å². The first-order valence-corrected chi connectivity index (χ1v) is 10.1. The Balaban J connectivity index is 1.49. The highest BCUT2D eigenvalue weighted by molar-refractivity contribution is 7.99. The third kappa shape index (κ3) is 4.00. The molecule has 4 rings (SSSR count). The second-order valence-electron chi connectivity index (χ2n) is 6.64. The van der Waals surface area contributed by atoms with Crippen molar-refractivity contribution < 1.29 is 9.18 Å². The van der Waals surface area contributed by atoms with Gasteiger partial charge in [0.15, 0.2) is 11.6 Å². The number of ketones is 1. The van der Waals surface area contributed by atoms with Gasteiger partial charge in [-0.2, -0.15) is 0 Å². The number of nitrogens with zero attached hydrogens (tertiary/aromatic N) is 3. The van der Waals surface area contributed by atoms with Crippen LogP contribution in [0.15, 0.2) is 65.8 Å². The molecular weight excluding hydrogens is 387 g/mol. The average molecular weight is 406 g/mol. The third-order valence-corrected chi connectivity index (χ3v) is 5.51. The number of aromatic amines is 1. The topological polar surface area (TPSA) is 63.6 Å². The second kappa shape index (κ2) is 8.05. The minimum atomic E-state index is -0.287. The minimum absolute atomic E-state index is 0.00234. The molecule has 0 saturated carbocycles. The van der Waals surface area contributed by atoms with E-state index in [-0.39, 0.29) is 17.4 Å². The van der Waals surface area contributed by atoms with Crippen LogP contribution >= 0.6 is 11.8 Å². The van der Waals surface area contributed by atoms with Gasteiger partial charge in [0, 0.05) is 28.2 Å². The highest BCUT2D eigenvalue weighted by Crippen LogP contribution is 2.24. The number of carbonyl (C=O) groups excluding carboxylic acids is 1. The largest absolute Gasteiger partial charge is 0.318 e. The number of aromatic nitrogens is 4. The van der Waals surface area contributed by atoms with Gasteiger partial charge in [-0.05, 0) is 44.2 Å². The zero-order valence-corrected chi connectivity index (χ0v) is 16.8. The van der Waals surface area contributed by atoms with E-state index in [4.69, 9.17) is 0 Å². The molecule has 0 atom stereocenters. The van der Waals surface area contributed by atoms with Crippen LogP contribution in [0, 0.1) is 19.7 Å². The number of hydrogen-bond acceptors (Lipinski definition) is 4. The molecule has 0 aliphatic heterocycles. The fourth-order valence-corrected chi connectivity index (χ4v) is 3.96. The molecule has 5 nitrogen and oxygen atoms in total. The maximum Gasteiger partial charge on any atom is 0.209 e. The lowest BCUT2D eigenvalue weighted by atomic mass is 10.2. The van der Waals surface area contributed by atoms with Gasteiger partial charge >= 0.3 is 0 Å². The normalized spacial score (nSPS) is 11.0. The molecular formula is C22H19FN4OS. The van der Waals surface area contributed by atoms with Crippen molar-refractivity contribution >= 4 is 17.5 Å². The van der Waals surface area contributed by atoms with Crippen molar-refractivity contribution in [2.75, 3.05) is 5.75 Å². The van der Waals surface area contributed by atoms with Crippen LogP contribution in [0.25, 0.3) is 17.1 Å². The maximum absolute atomic E-state index is 13.2. The smallest absolute Gasteiger partial charge is 0.209 e. The highest BCUT2D eigenvalue weighted by Gasteiger charge is 2.18. The zero-order chi connectivity index (χ0) is 20.4. The van der Waals surface area contributed by atoms with Crippen molar-refractivity contribution in [3.8, 4) is 17.1 Å². The summed E-state index contributed by atoms with van der Waals surface area (Å²) >= 11 is 1.30. The van der Waals surface area contributed by atoms with E-state index in [2.05, 4.69) is 15.2 Å². The first kappa shape index (κ1) is 19.1. The summed E-state index contributed by atoms with van der Waals surface area (Å²) < 4.78 is 15.2. The summed E-state index contributed by atoms with van der Waals surface area (Å²) in [6.45, 7) is 3.83. The molecule has 0 unspecified atom stereocenters. The van der Waals surface area contributed by atoms with Crippen molar-refractivity contribution in [2.24, 2.45) is 0 Å². The van der Waals surface area contributed by atoms with Gasteiger partial charge in [0.05, 0.1) is 5.75 Å². The van der Waals surface area contributed by atoms with Crippen molar-refractivity contribution in [1.29, 1.82) is 0 Å². The monoisotopic (exact) mass is 406 g/mol. The van der Waals surface area contributed by atoms with Crippen LogP contribution in [-0.4, -0.2) is 31.3 Å². The molecule has 0 aliphatic carbocycles. The summed E-state index contributed by atoms with van der Waals surface area (Å²) in [5.74, 6) is 0.627. The summed E-state index contributed by atoms with van der Waals surface area (Å²) in [6, 6.07) is 17.8. The van der Waals surface area contributed by atoms with Crippen LogP contribution < -0.4 is 0 Å². The van der Waals surface area contributed by atoms with Crippen LogP contribution in [-0.2, 0) is 0 Å². The fraction of sp³-hybridized carbons (Fsp3) is 0.136. The summed E-state index contributed by atoms with van der Waals surface area (Å²) in [5.41, 5.74) is 4.18. The summed E-state index contributed by atoms with van der Waals surface area (Å²) in [7, 11) is 0. The lowest BCUT2D eigenvalue weighted by Gasteiger charge is -2.09. The maximum atomic E-state index is 13.2. The van der Waals surface area contributed by atoms with Gasteiger partial charge in [0.2, 0.25) is 5.16 Å². The van der Waals surface area contributed by atoms with Gasteiger partial charge in [0.25, 0.3) is 0 Å². The lowest BCUT2D eigenvalue weighted by Crippen LogP contribution is -2.05. The molecule has 2 aromatic heterocycles. The molecule has 146 valence electrons. The number of halogens is 1. The van der Waals surface area contributed by atoms with E-state index in [0.29, 0.717) is 16.5 Å². The summed E-state index contributed by atoms with van der Waals surface area (Å²) in [4.78, 5) is 17.3. The van der Waals surface area contributed by atoms with E-state index in [1.807, 2.05) is 54.8 Å². The van der Waals surface area contributed by atoms with Gasteiger partial charge < -0.3 is 4.57 Å². The predicted molar refractivity (Wildman–Crippen MR) is 112 cm³/mol. The Morgan fingerprint density at radius 2 is 1.83 bits per heavy atom. The van der Waals surface area contributed by atoms with Gasteiger partial charge in [-0.15, -0.1) is 5.10 Å². The number of nitrogens with one attached hydrogen (secondary N) is 1. The van der Waals surface area contributed by atoms with Crippen LogP contribution in [0.5, 0.6) is 0 Å². The molecule has 0 radical (unpaired) electrons. The summed E-state index contributed by atoms with van der Waals surface area (Å²) in [5, 5.41) is 7.63. The van der Waals surface area contributed by atoms with Crippen molar-refractivity contribution in [2.45, 2.75) is 19.0 Å². The van der Waals surface area contributed by atoms with Gasteiger partial charge in [0.1, 0.15) is 5.82 Å². The molecule has 0 fully saturated rings. The van der Waals surface area contributed by atoms with Crippen molar-refractivity contribution in [1.82, 2.24) is 19.7 Å². The second-order valence-corrected chi connectivity index (χ2v) is 7.58. The van der Waals surface area contributed by atoms with Crippen molar-refractivity contribution in [3.05, 3.63) is 83.4 Å². The molecule has 2 aromatic carbocycles. The van der Waals surface area contributed by atoms with Gasteiger partial charge in [-0.25, -0.2) is 9.37 Å². The number of H-pyrrole nitrogens is 1. The Hall–Kier alpha value is -3.19. The lowest BCUT2D eigenvalue weighted by molar-refractivity contribution is 0.102. The highest BCUT2D eigenvalue weighted by atomic mass is 32.2. The molecule has 2 heterocycles. The number of rotatable bonds is 6. The van der Waals surface area contributed by atoms with Gasteiger partial charge in [-0.1, -0.05) is 42.1 Å². The average Bonchev–Trinajstić information content (AvgIpc) is 3.32. The fourth-order valence-electron chi connectivity index (χ4n) is 3.28. The molecule has 29 heavy (non-hydrogen) atoms. The van der Waals surface area contributed by atoms with E-state index in [1.54, 1.807) is 12.1 Å². The van der Waals surface area contributed by atoms with Crippen LogP contribution in [0.4, 0.5) is 4.39 Å². The Bertz CT molecular complexity index is 1150. The van der Waals surface area contributed by atoms with E-state index in [9.17, 15) is 9.18 Å². The number of benzene rings is 2. The molecule has 4 aromatic rings. The number of hydrogen-bond donors (Lipinski definition) is 1. The van der Waals surface area contributed by atoms with Crippen molar-refractivity contribution in [3.63, 3.8) is 0 Å². The molecule has 7 heteroatoms. The summed E-state index contributed by atoms with van der Waals surface area (Å²) in [6.07, 6.45) is 0. The first-order valence-electron chi connectivity index (χ1n) is 9.11. The number of thioether (sulfide) groups is 1. The molecule has 0 amide bonds. The number of Topliss-reactive ketones (excluding diaryl/α,β-unsaturated/α-hetero) is 1. The predicted octanol–water partition coefficient (Wildman–Crippen LogP) is 4.99. The van der Waals surface area contributed by atoms with Gasteiger partial charge in [-0.3, -0.25) is 9.89 Å². The quantitative estimate of drug-likeness (QED) is 0.362. The Labute approximate surface area is 172 Å². The molecule has 0 bridgehead atoms. The molecule has 0 spiro atoms. The zero-order valence-electron chi connectivity index (χ0n) is 16.0. The number of aryl methyl sites for hydroxylation is 1. The Morgan fingerprint density at radius 1 is 1.10 bits per heavy atom. The van der Waals surface area contributed by atoms with E-state index in [0.717, 1.165) is 22.6 Å². The van der Waals surface area contributed by atoms with Crippen LogP contribution in [0.2, 0.25) is 0 Å². The minimum Gasteiger partial charge on any atom is -0.318 e. The molecule has 0 saturated heterocycles. The standard InChI is InChI=1S/C22H19FN4OS/c1-14-12-19(15(2)27(14)18-10-8-17(23)9-11-18)20(28)13-29-22-24-21(25-26-22)16-6-4-3-5-7-16/h3-12H,13H2,1-2H3,(H,24,25,26). The number of carbonyl (C=O) groups is 1. The Morgan fingerprint density at radius 3 is 2.55 bits per heavy atom. The first-order chi connectivity index (χ1) is 14.0. The Kier molecular flexibility index (Phi) is 5.31. The SMILES string of the molecule is Cc1cc(C(=O)CSc2n[nH]c(-c3ccccc3)n2)c(C)n1-c1ccc(F)cc1.